The first kappa shape index (κ1) is 28.5. The van der Waals surface area contributed by atoms with Crippen molar-refractivity contribution in [3.63, 3.8) is 0 Å². The van der Waals surface area contributed by atoms with Gasteiger partial charge in [-0.2, -0.15) is 10.3 Å². The third-order valence-corrected chi connectivity index (χ3v) is 7.50. The molecule has 3 amide bonds. The Balaban J connectivity index is 1.35. The number of aromatic nitrogens is 3. The van der Waals surface area contributed by atoms with Crippen molar-refractivity contribution in [2.75, 3.05) is 35.0 Å². The van der Waals surface area contributed by atoms with E-state index in [4.69, 9.17) is 5.26 Å². The first-order chi connectivity index (χ1) is 20.1. The van der Waals surface area contributed by atoms with Gasteiger partial charge in [-0.25, -0.2) is 18.9 Å². The Hall–Kier alpha value is -5.02. The van der Waals surface area contributed by atoms with Crippen LogP contribution in [0.4, 0.5) is 26.2 Å². The molecule has 0 radical (unpaired) electrons. The van der Waals surface area contributed by atoms with Crippen LogP contribution >= 0.6 is 11.8 Å². The van der Waals surface area contributed by atoms with Crippen LogP contribution in [-0.4, -0.2) is 51.7 Å². The molecular weight excluding hydrogens is 555 g/mol. The number of thioether (sulfide) groups is 1. The molecule has 1 fully saturated rings. The van der Waals surface area contributed by atoms with E-state index in [-0.39, 0.29) is 34.3 Å². The smallest absolute Gasteiger partial charge is 0.347 e. The summed E-state index contributed by atoms with van der Waals surface area (Å²) in [7, 11) is 3.82. The van der Waals surface area contributed by atoms with Crippen molar-refractivity contribution in [2.24, 2.45) is 4.99 Å². The normalized spacial score (nSPS) is 14.0. The molecule has 1 aliphatic heterocycles. The minimum atomic E-state index is -0.804. The molecule has 42 heavy (non-hydrogen) atoms. The van der Waals surface area contributed by atoms with Gasteiger partial charge < -0.3 is 10.2 Å². The summed E-state index contributed by atoms with van der Waals surface area (Å²) >= 11 is 1.16. The van der Waals surface area contributed by atoms with E-state index in [1.165, 1.54) is 28.0 Å². The molecule has 1 aromatic heterocycles. The van der Waals surface area contributed by atoms with E-state index >= 15 is 4.39 Å². The van der Waals surface area contributed by atoms with E-state index < -0.39 is 11.8 Å². The molecule has 12 heteroatoms. The van der Waals surface area contributed by atoms with Crippen molar-refractivity contribution in [2.45, 2.75) is 19.8 Å². The molecule has 0 aliphatic carbocycles. The average molecular weight is 583 g/mol. The maximum absolute atomic E-state index is 15.1. The summed E-state index contributed by atoms with van der Waals surface area (Å²) in [6.07, 6.45) is 1.49. The van der Waals surface area contributed by atoms with Crippen molar-refractivity contribution in [3.8, 4) is 23.1 Å². The first-order valence-electron chi connectivity index (χ1n) is 13.0. The summed E-state index contributed by atoms with van der Waals surface area (Å²) < 4.78 is 16.6. The van der Waals surface area contributed by atoms with Gasteiger partial charge in [0.2, 0.25) is 5.91 Å². The number of carbonyl (C=O) groups is 2. The number of amides is 3. The Labute approximate surface area is 246 Å². The van der Waals surface area contributed by atoms with Gasteiger partial charge in [0, 0.05) is 25.3 Å². The van der Waals surface area contributed by atoms with E-state index in [1.807, 2.05) is 51.0 Å². The summed E-state index contributed by atoms with van der Waals surface area (Å²) in [5.41, 5.74) is 4.08. The number of hydrogen-bond acceptors (Lipinski definition) is 7. The molecule has 0 bridgehead atoms. The van der Waals surface area contributed by atoms with E-state index in [0.717, 1.165) is 23.0 Å². The van der Waals surface area contributed by atoms with Gasteiger partial charge in [-0.3, -0.25) is 9.69 Å². The number of hydrogen-bond donors (Lipinski definition) is 1. The lowest BCUT2D eigenvalue weighted by Crippen LogP contribution is -2.31. The highest BCUT2D eigenvalue weighted by Crippen LogP contribution is 2.36. The maximum atomic E-state index is 15.1. The average Bonchev–Trinajstić information content (AvgIpc) is 3.61. The number of amidine groups is 1. The summed E-state index contributed by atoms with van der Waals surface area (Å²) in [6, 6.07) is 18.1. The van der Waals surface area contributed by atoms with Crippen LogP contribution in [0.2, 0.25) is 0 Å². The van der Waals surface area contributed by atoms with Crippen LogP contribution in [-0.2, 0) is 4.79 Å². The van der Waals surface area contributed by atoms with Crippen LogP contribution in [0, 0.1) is 17.1 Å². The molecule has 1 N–H and O–H groups in total. The fourth-order valence-corrected chi connectivity index (χ4v) is 5.23. The van der Waals surface area contributed by atoms with E-state index in [9.17, 15) is 9.59 Å². The molecule has 1 saturated heterocycles. The minimum absolute atomic E-state index is 0.0713. The molecule has 5 rings (SSSR count). The summed E-state index contributed by atoms with van der Waals surface area (Å²) in [5, 5.41) is 16.1. The SMILES string of the molecule is CC(C)c1ccc(N(C)C)cc1N1C(=O)CSC1=NC(=O)Nc1ccc(-c2ncn(-c3ccc(C#N)cc3)n2)cc1F. The van der Waals surface area contributed by atoms with E-state index in [2.05, 4.69) is 26.5 Å². The van der Waals surface area contributed by atoms with Gasteiger partial charge in [-0.15, -0.1) is 5.10 Å². The molecule has 212 valence electrons. The van der Waals surface area contributed by atoms with Crippen LogP contribution in [0.1, 0.15) is 30.9 Å². The van der Waals surface area contributed by atoms with Crippen LogP contribution in [0.5, 0.6) is 0 Å². The summed E-state index contributed by atoms with van der Waals surface area (Å²) in [6.45, 7) is 4.07. The van der Waals surface area contributed by atoms with Crippen molar-refractivity contribution in [1.82, 2.24) is 14.8 Å². The number of nitriles is 1. The van der Waals surface area contributed by atoms with Gasteiger partial charge in [-0.1, -0.05) is 31.7 Å². The number of carbonyl (C=O) groups excluding carboxylic acids is 2. The quantitative estimate of drug-likeness (QED) is 0.305. The summed E-state index contributed by atoms with van der Waals surface area (Å²) in [4.78, 5) is 37.6. The Bertz CT molecular complexity index is 1740. The number of nitrogens with zero attached hydrogens (tertiary/aromatic N) is 7. The Morgan fingerprint density at radius 1 is 1.14 bits per heavy atom. The fourth-order valence-electron chi connectivity index (χ4n) is 4.37. The number of halogens is 1. The van der Waals surface area contributed by atoms with E-state index in [1.54, 1.807) is 30.3 Å². The number of benzene rings is 3. The van der Waals surface area contributed by atoms with Crippen LogP contribution in [0.25, 0.3) is 17.1 Å². The van der Waals surface area contributed by atoms with Crippen LogP contribution < -0.4 is 15.1 Å². The Kier molecular flexibility index (Phi) is 8.04. The molecule has 0 saturated carbocycles. The van der Waals surface area contributed by atoms with Gasteiger partial charge in [-0.05, 0) is 66.1 Å². The molecule has 4 aromatic rings. The number of urea groups is 1. The lowest BCUT2D eigenvalue weighted by atomic mass is 9.99. The number of nitrogens with one attached hydrogen (secondary N) is 1. The van der Waals surface area contributed by atoms with Crippen molar-refractivity contribution in [3.05, 3.63) is 83.9 Å². The van der Waals surface area contributed by atoms with Gasteiger partial charge in [0.15, 0.2) is 11.0 Å². The van der Waals surface area contributed by atoms with Crippen molar-refractivity contribution < 1.29 is 14.0 Å². The predicted octanol–water partition coefficient (Wildman–Crippen LogP) is 5.80. The van der Waals surface area contributed by atoms with E-state index in [0.29, 0.717) is 22.5 Å². The second-order valence-corrected chi connectivity index (χ2v) is 10.9. The Morgan fingerprint density at radius 2 is 1.90 bits per heavy atom. The molecule has 0 atom stereocenters. The zero-order chi connectivity index (χ0) is 30.0. The van der Waals surface area contributed by atoms with Gasteiger partial charge >= 0.3 is 6.03 Å². The fraction of sp³-hybridized carbons (Fsp3) is 0.200. The second-order valence-electron chi connectivity index (χ2n) is 10.0. The second kappa shape index (κ2) is 11.8. The molecule has 1 aliphatic rings. The predicted molar refractivity (Wildman–Crippen MR) is 163 cm³/mol. The third kappa shape index (κ3) is 5.87. The highest BCUT2D eigenvalue weighted by molar-refractivity contribution is 8.15. The largest absolute Gasteiger partial charge is 0.378 e. The number of rotatable bonds is 6. The van der Waals surface area contributed by atoms with Crippen molar-refractivity contribution in [1.29, 1.82) is 5.26 Å². The third-order valence-electron chi connectivity index (χ3n) is 6.58. The van der Waals surface area contributed by atoms with Gasteiger partial charge in [0.1, 0.15) is 12.1 Å². The molecule has 0 unspecified atom stereocenters. The topological polar surface area (TPSA) is 120 Å². The lowest BCUT2D eigenvalue weighted by molar-refractivity contribution is -0.115. The molecular formula is C30H27FN8O2S. The van der Waals surface area contributed by atoms with Crippen LogP contribution in [0.15, 0.2) is 72.0 Å². The standard InChI is InChI=1S/C30H27FN8O2S/c1-18(2)23-11-10-22(37(3)4)14-26(23)39-27(40)16-42-30(39)35-29(41)34-25-12-7-20(13-24(25)31)28-33-17-38(36-28)21-8-5-19(15-32)6-9-21/h5-14,17-18H,16H2,1-4H3,(H,34,41). The first-order valence-corrected chi connectivity index (χ1v) is 14.0. The zero-order valence-corrected chi connectivity index (χ0v) is 24.2. The zero-order valence-electron chi connectivity index (χ0n) is 23.4. The monoisotopic (exact) mass is 582 g/mol. The van der Waals surface area contributed by atoms with Gasteiger partial charge in [0.05, 0.1) is 34.4 Å². The lowest BCUT2D eigenvalue weighted by Gasteiger charge is -2.24. The minimum Gasteiger partial charge on any atom is -0.378 e. The number of aliphatic imine (C=N–C) groups is 1. The molecule has 2 heterocycles. The van der Waals surface area contributed by atoms with Gasteiger partial charge in [0.25, 0.3) is 0 Å². The molecule has 0 spiro atoms. The highest BCUT2D eigenvalue weighted by Gasteiger charge is 2.33. The van der Waals surface area contributed by atoms with Crippen LogP contribution in [0.3, 0.4) is 0 Å². The molecule has 10 nitrogen and oxygen atoms in total. The summed E-state index contributed by atoms with van der Waals surface area (Å²) in [5.74, 6) is -0.325. The van der Waals surface area contributed by atoms with Crippen molar-refractivity contribution >= 4 is 45.9 Å². The number of anilines is 3. The molecule has 3 aromatic carbocycles. The highest BCUT2D eigenvalue weighted by atomic mass is 32.2. The maximum Gasteiger partial charge on any atom is 0.347 e. The Morgan fingerprint density at radius 3 is 2.57 bits per heavy atom.